The average Bonchev–Trinajstić information content (AvgIpc) is 3.11. The summed E-state index contributed by atoms with van der Waals surface area (Å²) in [5.74, 6) is -0.729. The van der Waals surface area contributed by atoms with Crippen molar-refractivity contribution in [3.8, 4) is 0 Å². The van der Waals surface area contributed by atoms with Gasteiger partial charge in [-0.15, -0.1) is 11.8 Å². The van der Waals surface area contributed by atoms with Crippen LogP contribution in [0.1, 0.15) is 48.4 Å². The number of rotatable bonds is 4. The summed E-state index contributed by atoms with van der Waals surface area (Å²) >= 11 is 13.8. The van der Waals surface area contributed by atoms with E-state index in [0.717, 1.165) is 5.56 Å². The summed E-state index contributed by atoms with van der Waals surface area (Å²) in [4.78, 5) is 28.3. The van der Waals surface area contributed by atoms with Crippen LogP contribution in [0.15, 0.2) is 59.1 Å². The standard InChI is InChI=1S/C23H23Cl2NO3S/c1-23(2,3)26(21(27)16-11-10-15(24)12-17(16)25)18-13-19(14-8-6-5-7-9-14)30-20(18)22(28)29-4/h5-12,19H,13H2,1-4H3. The molecule has 0 aromatic heterocycles. The predicted molar refractivity (Wildman–Crippen MR) is 123 cm³/mol. The van der Waals surface area contributed by atoms with Crippen molar-refractivity contribution >= 4 is 46.8 Å². The zero-order chi connectivity index (χ0) is 22.1. The van der Waals surface area contributed by atoms with Crippen LogP contribution in [0.4, 0.5) is 0 Å². The van der Waals surface area contributed by atoms with Gasteiger partial charge < -0.3 is 9.64 Å². The number of ether oxygens (including phenoxy) is 1. The highest BCUT2D eigenvalue weighted by Crippen LogP contribution is 2.50. The van der Waals surface area contributed by atoms with E-state index in [9.17, 15) is 9.59 Å². The van der Waals surface area contributed by atoms with Gasteiger partial charge >= 0.3 is 5.97 Å². The van der Waals surface area contributed by atoms with Gasteiger partial charge in [0, 0.05) is 27.9 Å². The molecule has 2 aromatic carbocycles. The van der Waals surface area contributed by atoms with E-state index in [1.807, 2.05) is 51.1 Å². The minimum atomic E-state index is -0.596. The van der Waals surface area contributed by atoms with Gasteiger partial charge in [0.2, 0.25) is 0 Å². The molecule has 0 saturated carbocycles. The Bertz CT molecular complexity index is 999. The molecule has 3 rings (SSSR count). The molecule has 0 N–H and O–H groups in total. The van der Waals surface area contributed by atoms with Gasteiger partial charge in [-0.2, -0.15) is 0 Å². The number of carbonyl (C=O) groups excluding carboxylic acids is 2. The van der Waals surface area contributed by atoms with Crippen molar-refractivity contribution in [1.82, 2.24) is 4.90 Å². The number of esters is 1. The molecule has 0 bridgehead atoms. The third kappa shape index (κ3) is 4.69. The monoisotopic (exact) mass is 463 g/mol. The van der Waals surface area contributed by atoms with Gasteiger partial charge in [0.05, 0.1) is 17.7 Å². The van der Waals surface area contributed by atoms with Crippen molar-refractivity contribution in [2.45, 2.75) is 38.0 Å². The molecule has 1 aliphatic rings. The number of hydrogen-bond acceptors (Lipinski definition) is 4. The molecule has 7 heteroatoms. The van der Waals surface area contributed by atoms with Crippen molar-refractivity contribution in [3.05, 3.63) is 80.3 Å². The van der Waals surface area contributed by atoms with Gasteiger partial charge in [-0.1, -0.05) is 53.5 Å². The van der Waals surface area contributed by atoms with Crippen molar-refractivity contribution in [1.29, 1.82) is 0 Å². The second-order valence-electron chi connectivity index (χ2n) is 7.92. The first-order valence-corrected chi connectivity index (χ1v) is 11.1. The molecule has 0 radical (unpaired) electrons. The van der Waals surface area contributed by atoms with Crippen molar-refractivity contribution in [3.63, 3.8) is 0 Å². The number of nitrogens with zero attached hydrogens (tertiary/aromatic N) is 1. The quantitative estimate of drug-likeness (QED) is 0.485. The van der Waals surface area contributed by atoms with Crippen molar-refractivity contribution in [2.24, 2.45) is 0 Å². The van der Waals surface area contributed by atoms with E-state index in [4.69, 9.17) is 27.9 Å². The molecule has 1 amide bonds. The van der Waals surface area contributed by atoms with Crippen LogP contribution in [0, 0.1) is 0 Å². The van der Waals surface area contributed by atoms with Crippen LogP contribution < -0.4 is 0 Å². The Labute approximate surface area is 191 Å². The SMILES string of the molecule is COC(=O)C1=C(N(C(=O)c2ccc(Cl)cc2Cl)C(C)(C)C)CC(c2ccccc2)S1. The highest BCUT2D eigenvalue weighted by atomic mass is 35.5. The number of amides is 1. The molecule has 0 aliphatic carbocycles. The van der Waals surface area contributed by atoms with Crippen LogP contribution in [0.3, 0.4) is 0 Å². The number of thioether (sulfide) groups is 1. The first-order chi connectivity index (χ1) is 14.1. The van der Waals surface area contributed by atoms with Gasteiger partial charge in [-0.25, -0.2) is 4.79 Å². The first kappa shape index (κ1) is 22.7. The Morgan fingerprint density at radius 1 is 1.10 bits per heavy atom. The van der Waals surface area contributed by atoms with Crippen LogP contribution in [0.5, 0.6) is 0 Å². The summed E-state index contributed by atoms with van der Waals surface area (Å²) in [5, 5.41) is 0.731. The summed E-state index contributed by atoms with van der Waals surface area (Å²) in [6.45, 7) is 5.78. The highest BCUT2D eigenvalue weighted by molar-refractivity contribution is 8.04. The number of benzene rings is 2. The molecular weight excluding hydrogens is 441 g/mol. The normalized spacial score (nSPS) is 16.5. The lowest BCUT2D eigenvalue weighted by Gasteiger charge is -2.37. The summed E-state index contributed by atoms with van der Waals surface area (Å²) < 4.78 is 5.04. The van der Waals surface area contributed by atoms with Gasteiger partial charge in [0.15, 0.2) is 0 Å². The maximum absolute atomic E-state index is 13.6. The molecule has 0 fully saturated rings. The molecule has 4 nitrogen and oxygen atoms in total. The van der Waals surface area contributed by atoms with Gasteiger partial charge in [0.1, 0.15) is 4.91 Å². The Kier molecular flexibility index (Phi) is 6.85. The number of hydrogen-bond donors (Lipinski definition) is 0. The summed E-state index contributed by atoms with van der Waals surface area (Å²) in [5.41, 5.74) is 1.47. The lowest BCUT2D eigenvalue weighted by atomic mass is 9.99. The summed E-state index contributed by atoms with van der Waals surface area (Å²) in [7, 11) is 1.35. The van der Waals surface area contributed by atoms with E-state index in [0.29, 0.717) is 27.6 Å². The second-order valence-corrected chi connectivity index (χ2v) is 9.98. The van der Waals surface area contributed by atoms with E-state index in [1.54, 1.807) is 23.1 Å². The molecule has 30 heavy (non-hydrogen) atoms. The topological polar surface area (TPSA) is 46.6 Å². The van der Waals surface area contributed by atoms with Crippen LogP contribution in [0.2, 0.25) is 10.0 Å². The van der Waals surface area contributed by atoms with E-state index >= 15 is 0 Å². The number of carbonyl (C=O) groups is 2. The Morgan fingerprint density at radius 2 is 1.77 bits per heavy atom. The molecule has 1 aliphatic heterocycles. The van der Waals surface area contributed by atoms with Crippen LogP contribution >= 0.6 is 35.0 Å². The Balaban J connectivity index is 2.08. The van der Waals surface area contributed by atoms with Crippen LogP contribution in [0.25, 0.3) is 0 Å². The minimum Gasteiger partial charge on any atom is -0.465 e. The summed E-state index contributed by atoms with van der Waals surface area (Å²) in [6, 6.07) is 14.7. The second kappa shape index (κ2) is 9.04. The number of methoxy groups -OCH3 is 1. The third-order valence-corrected chi connectivity index (χ3v) is 6.66. The zero-order valence-electron chi connectivity index (χ0n) is 17.2. The van der Waals surface area contributed by atoms with Crippen LogP contribution in [-0.4, -0.2) is 29.4 Å². The van der Waals surface area contributed by atoms with E-state index in [1.165, 1.54) is 18.9 Å². The average molecular weight is 464 g/mol. The molecule has 1 heterocycles. The molecule has 158 valence electrons. The fourth-order valence-electron chi connectivity index (χ4n) is 3.44. The molecule has 0 saturated heterocycles. The molecular formula is C23H23Cl2NO3S. The zero-order valence-corrected chi connectivity index (χ0v) is 19.6. The van der Waals surface area contributed by atoms with Gasteiger partial charge in [0.25, 0.3) is 5.91 Å². The Morgan fingerprint density at radius 3 is 2.33 bits per heavy atom. The van der Waals surface area contributed by atoms with E-state index in [-0.39, 0.29) is 16.2 Å². The van der Waals surface area contributed by atoms with E-state index < -0.39 is 11.5 Å². The number of halogens is 2. The lowest BCUT2D eigenvalue weighted by Crippen LogP contribution is -2.45. The van der Waals surface area contributed by atoms with Crippen molar-refractivity contribution < 1.29 is 14.3 Å². The van der Waals surface area contributed by atoms with Gasteiger partial charge in [-0.3, -0.25) is 4.79 Å². The maximum atomic E-state index is 13.6. The molecule has 1 atom stereocenters. The fraction of sp³-hybridized carbons (Fsp3) is 0.304. The number of allylic oxidation sites excluding steroid dienone is 1. The lowest BCUT2D eigenvalue weighted by molar-refractivity contribution is -0.135. The maximum Gasteiger partial charge on any atom is 0.346 e. The fourth-order valence-corrected chi connectivity index (χ4v) is 5.24. The van der Waals surface area contributed by atoms with E-state index in [2.05, 4.69) is 0 Å². The first-order valence-electron chi connectivity index (χ1n) is 9.46. The Hall–Kier alpha value is -1.95. The molecule has 1 unspecified atom stereocenters. The molecule has 0 spiro atoms. The third-order valence-electron chi connectivity index (χ3n) is 4.75. The predicted octanol–water partition coefficient (Wildman–Crippen LogP) is 6.50. The summed E-state index contributed by atoms with van der Waals surface area (Å²) in [6.07, 6.45) is 0.521. The molecule has 2 aromatic rings. The van der Waals surface area contributed by atoms with Gasteiger partial charge in [-0.05, 0) is 44.5 Å². The minimum absolute atomic E-state index is 0.00800. The highest BCUT2D eigenvalue weighted by Gasteiger charge is 2.40. The van der Waals surface area contributed by atoms with Crippen molar-refractivity contribution in [2.75, 3.05) is 7.11 Å². The smallest absolute Gasteiger partial charge is 0.346 e. The van der Waals surface area contributed by atoms with Crippen LogP contribution in [-0.2, 0) is 9.53 Å². The largest absolute Gasteiger partial charge is 0.465 e.